The van der Waals surface area contributed by atoms with Crippen molar-refractivity contribution in [3.8, 4) is 32.0 Å². The Bertz CT molecular complexity index is 1400. The summed E-state index contributed by atoms with van der Waals surface area (Å²) in [5, 5.41) is 2.68. The van der Waals surface area contributed by atoms with Crippen molar-refractivity contribution in [3.05, 3.63) is 108 Å². The van der Waals surface area contributed by atoms with E-state index in [1.54, 1.807) is 0 Å². The van der Waals surface area contributed by atoms with Crippen molar-refractivity contribution in [3.63, 3.8) is 0 Å². The summed E-state index contributed by atoms with van der Waals surface area (Å²) < 4.78 is 0. The summed E-state index contributed by atoms with van der Waals surface area (Å²) in [6.07, 6.45) is 0. The molecule has 0 unspecified atom stereocenters. The van der Waals surface area contributed by atoms with E-state index < -0.39 is 0 Å². The Morgan fingerprint density at radius 2 is 1.13 bits per heavy atom. The topological polar surface area (TPSA) is 0 Å². The first-order chi connectivity index (χ1) is 14.7. The summed E-state index contributed by atoms with van der Waals surface area (Å²) in [6, 6.07) is 35.4. The molecule has 0 bridgehead atoms. The van der Waals surface area contributed by atoms with Crippen LogP contribution in [-0.4, -0.2) is 0 Å². The summed E-state index contributed by atoms with van der Waals surface area (Å²) in [5.41, 5.74) is 8.32. The molecule has 1 aromatic heterocycles. The third-order valence-electron chi connectivity index (χ3n) is 6.51. The molecular formula is C29H22S. The van der Waals surface area contributed by atoms with E-state index in [2.05, 4.69) is 111 Å². The molecule has 5 aromatic rings. The molecule has 0 aliphatic heterocycles. The molecule has 1 heteroatoms. The van der Waals surface area contributed by atoms with Gasteiger partial charge in [0.1, 0.15) is 0 Å². The molecule has 0 fully saturated rings. The second-order valence-corrected chi connectivity index (χ2v) is 9.59. The molecule has 0 saturated heterocycles. The molecule has 30 heavy (non-hydrogen) atoms. The van der Waals surface area contributed by atoms with Gasteiger partial charge in [-0.25, -0.2) is 0 Å². The number of rotatable bonds is 2. The second kappa shape index (κ2) is 6.42. The fourth-order valence-corrected chi connectivity index (χ4v) is 6.35. The van der Waals surface area contributed by atoms with E-state index in [1.807, 2.05) is 11.3 Å². The maximum atomic E-state index is 2.35. The van der Waals surface area contributed by atoms with Crippen LogP contribution in [0.1, 0.15) is 25.0 Å². The molecule has 0 nitrogen and oxygen atoms in total. The van der Waals surface area contributed by atoms with Gasteiger partial charge < -0.3 is 0 Å². The summed E-state index contributed by atoms with van der Waals surface area (Å²) in [6.45, 7) is 4.70. The lowest BCUT2D eigenvalue weighted by molar-refractivity contribution is 0.660. The SMILES string of the molecule is CC1(C)c2ccccc2-c2c(-c3sc(-c4ccccc4)c4ccccc34)cccc21. The Morgan fingerprint density at radius 3 is 1.93 bits per heavy atom. The van der Waals surface area contributed by atoms with Gasteiger partial charge in [0, 0.05) is 31.5 Å². The molecule has 0 radical (unpaired) electrons. The van der Waals surface area contributed by atoms with E-state index in [-0.39, 0.29) is 5.41 Å². The maximum Gasteiger partial charge on any atom is 0.0434 e. The lowest BCUT2D eigenvalue weighted by Crippen LogP contribution is -2.14. The van der Waals surface area contributed by atoms with Crippen LogP contribution in [0.3, 0.4) is 0 Å². The lowest BCUT2D eigenvalue weighted by atomic mass is 9.82. The van der Waals surface area contributed by atoms with E-state index in [9.17, 15) is 0 Å². The van der Waals surface area contributed by atoms with Crippen molar-refractivity contribution in [2.24, 2.45) is 0 Å². The molecule has 0 amide bonds. The van der Waals surface area contributed by atoms with Gasteiger partial charge in [-0.15, -0.1) is 11.3 Å². The number of hydrogen-bond donors (Lipinski definition) is 0. The van der Waals surface area contributed by atoms with Crippen LogP contribution >= 0.6 is 11.3 Å². The highest BCUT2D eigenvalue weighted by molar-refractivity contribution is 7.21. The van der Waals surface area contributed by atoms with Crippen molar-refractivity contribution in [2.75, 3.05) is 0 Å². The molecule has 0 N–H and O–H groups in total. The summed E-state index contributed by atoms with van der Waals surface area (Å²) in [5.74, 6) is 0. The predicted molar refractivity (Wildman–Crippen MR) is 130 cm³/mol. The first-order valence-corrected chi connectivity index (χ1v) is 11.3. The van der Waals surface area contributed by atoms with Crippen molar-refractivity contribution < 1.29 is 0 Å². The van der Waals surface area contributed by atoms with Crippen LogP contribution in [-0.2, 0) is 5.41 Å². The normalized spacial score (nSPS) is 13.9. The Kier molecular flexibility index (Phi) is 3.78. The van der Waals surface area contributed by atoms with Crippen LogP contribution in [0.4, 0.5) is 0 Å². The van der Waals surface area contributed by atoms with Gasteiger partial charge in [-0.2, -0.15) is 0 Å². The number of benzene rings is 4. The Morgan fingerprint density at radius 1 is 0.533 bits per heavy atom. The zero-order chi connectivity index (χ0) is 20.3. The molecule has 6 rings (SSSR count). The molecule has 1 aliphatic carbocycles. The quantitative estimate of drug-likeness (QED) is 0.277. The second-order valence-electron chi connectivity index (χ2n) is 8.57. The average Bonchev–Trinajstić information content (AvgIpc) is 3.29. The zero-order valence-electron chi connectivity index (χ0n) is 17.1. The molecule has 0 saturated carbocycles. The molecular weight excluding hydrogens is 380 g/mol. The molecule has 144 valence electrons. The predicted octanol–water partition coefficient (Wildman–Crippen LogP) is 8.54. The third-order valence-corrected chi connectivity index (χ3v) is 7.81. The average molecular weight is 403 g/mol. The fourth-order valence-electron chi connectivity index (χ4n) is 5.04. The minimum absolute atomic E-state index is 0.0251. The van der Waals surface area contributed by atoms with Crippen LogP contribution < -0.4 is 0 Å². The standard InChI is InChI=1S/C29H22S/c1-29(2)24-17-9-8-15-22(24)26-23(16-10-18-25(26)29)28-21-14-7-6-13-20(21)27(30-28)19-11-4-3-5-12-19/h3-18H,1-2H3. The molecule has 1 heterocycles. The Balaban J connectivity index is 1.69. The van der Waals surface area contributed by atoms with Gasteiger partial charge in [-0.05, 0) is 27.8 Å². The number of fused-ring (bicyclic) bond motifs is 4. The van der Waals surface area contributed by atoms with Gasteiger partial charge in [0.15, 0.2) is 0 Å². The van der Waals surface area contributed by atoms with E-state index >= 15 is 0 Å². The van der Waals surface area contributed by atoms with E-state index in [1.165, 1.54) is 53.9 Å². The van der Waals surface area contributed by atoms with Crippen molar-refractivity contribution in [1.82, 2.24) is 0 Å². The van der Waals surface area contributed by atoms with Crippen molar-refractivity contribution >= 4 is 22.1 Å². The van der Waals surface area contributed by atoms with Crippen LogP contribution in [0.15, 0.2) is 97.1 Å². The monoisotopic (exact) mass is 402 g/mol. The highest BCUT2D eigenvalue weighted by Gasteiger charge is 2.36. The first kappa shape index (κ1) is 17.7. The van der Waals surface area contributed by atoms with Gasteiger partial charge in [0.2, 0.25) is 0 Å². The minimum atomic E-state index is 0.0251. The van der Waals surface area contributed by atoms with E-state index in [0.29, 0.717) is 0 Å². The third kappa shape index (κ3) is 2.39. The smallest absolute Gasteiger partial charge is 0.0434 e. The van der Waals surface area contributed by atoms with Crippen LogP contribution in [0.2, 0.25) is 0 Å². The molecule has 0 spiro atoms. The lowest BCUT2D eigenvalue weighted by Gasteiger charge is -2.21. The molecule has 1 aliphatic rings. The van der Waals surface area contributed by atoms with Gasteiger partial charge in [0.05, 0.1) is 0 Å². The largest absolute Gasteiger partial charge is 0.134 e. The summed E-state index contributed by atoms with van der Waals surface area (Å²) in [4.78, 5) is 2.72. The molecule has 0 atom stereocenters. The highest BCUT2D eigenvalue weighted by Crippen LogP contribution is 2.54. The van der Waals surface area contributed by atoms with Crippen molar-refractivity contribution in [2.45, 2.75) is 19.3 Å². The van der Waals surface area contributed by atoms with E-state index in [0.717, 1.165) is 0 Å². The van der Waals surface area contributed by atoms with Crippen LogP contribution in [0, 0.1) is 0 Å². The van der Waals surface area contributed by atoms with Gasteiger partial charge in [0.25, 0.3) is 0 Å². The number of thiophene rings is 1. The first-order valence-electron chi connectivity index (χ1n) is 10.5. The minimum Gasteiger partial charge on any atom is -0.134 e. The Labute approximate surface area is 181 Å². The summed E-state index contributed by atoms with van der Waals surface area (Å²) in [7, 11) is 0. The highest BCUT2D eigenvalue weighted by atomic mass is 32.1. The van der Waals surface area contributed by atoms with Gasteiger partial charge in [-0.3, -0.25) is 0 Å². The van der Waals surface area contributed by atoms with Gasteiger partial charge in [-0.1, -0.05) is 111 Å². The van der Waals surface area contributed by atoms with Gasteiger partial charge >= 0.3 is 0 Å². The summed E-state index contributed by atoms with van der Waals surface area (Å²) >= 11 is 1.92. The van der Waals surface area contributed by atoms with Crippen molar-refractivity contribution in [1.29, 1.82) is 0 Å². The van der Waals surface area contributed by atoms with Crippen LogP contribution in [0.5, 0.6) is 0 Å². The van der Waals surface area contributed by atoms with Crippen LogP contribution in [0.25, 0.3) is 42.8 Å². The number of hydrogen-bond acceptors (Lipinski definition) is 1. The zero-order valence-corrected chi connectivity index (χ0v) is 18.0. The van der Waals surface area contributed by atoms with E-state index in [4.69, 9.17) is 0 Å². The Hall–Kier alpha value is -3.16. The maximum absolute atomic E-state index is 2.35. The fraction of sp³-hybridized carbons (Fsp3) is 0.103. The molecule has 4 aromatic carbocycles.